The van der Waals surface area contributed by atoms with Crippen LogP contribution in [0.15, 0.2) is 22.7 Å². The average molecular weight is 279 g/mol. The normalized spacial score (nSPS) is 10.6. The first-order chi connectivity index (χ1) is 6.59. The van der Waals surface area contributed by atoms with Crippen molar-refractivity contribution in [2.24, 2.45) is 0 Å². The predicted octanol–water partition coefficient (Wildman–Crippen LogP) is 3.04. The van der Waals surface area contributed by atoms with Gasteiger partial charge in [0.1, 0.15) is 12.4 Å². The summed E-state index contributed by atoms with van der Waals surface area (Å²) in [5, 5.41) is 0.645. The van der Waals surface area contributed by atoms with Gasteiger partial charge >= 0.3 is 0 Å². The van der Waals surface area contributed by atoms with Crippen molar-refractivity contribution in [1.29, 1.82) is 0 Å². The Kier molecular flexibility index (Phi) is 4.72. The Hall–Kier alpha value is -0.250. The summed E-state index contributed by atoms with van der Waals surface area (Å²) in [6, 6.07) is 5.58. The second-order valence-electron chi connectivity index (χ2n) is 3.23. The first kappa shape index (κ1) is 11.8. The van der Waals surface area contributed by atoms with Crippen LogP contribution < -0.4 is 4.74 Å². The van der Waals surface area contributed by atoms with E-state index in [1.807, 2.05) is 32.3 Å². The standard InChI is InChI=1S/C10H13BrClNO/c1-13(2)5-6-14-10-7-8(11)3-4-9(10)12/h3-4,7H,5-6H2,1-2H3. The van der Waals surface area contributed by atoms with Crippen LogP contribution in [-0.2, 0) is 0 Å². The zero-order valence-corrected chi connectivity index (χ0v) is 10.6. The minimum atomic E-state index is 0.642. The number of likely N-dealkylation sites (N-methyl/N-ethyl adjacent to an activating group) is 1. The minimum Gasteiger partial charge on any atom is -0.491 e. The zero-order chi connectivity index (χ0) is 10.6. The van der Waals surface area contributed by atoms with Crippen LogP contribution in [-0.4, -0.2) is 32.1 Å². The largest absolute Gasteiger partial charge is 0.491 e. The van der Waals surface area contributed by atoms with E-state index < -0.39 is 0 Å². The van der Waals surface area contributed by atoms with E-state index >= 15 is 0 Å². The summed E-state index contributed by atoms with van der Waals surface area (Å²) in [4.78, 5) is 2.06. The van der Waals surface area contributed by atoms with Crippen molar-refractivity contribution in [3.05, 3.63) is 27.7 Å². The Bertz CT molecular complexity index is 304. The van der Waals surface area contributed by atoms with Crippen LogP contribution in [0.4, 0.5) is 0 Å². The molecule has 0 N–H and O–H groups in total. The average Bonchev–Trinajstić information content (AvgIpc) is 2.10. The molecule has 2 nitrogen and oxygen atoms in total. The van der Waals surface area contributed by atoms with E-state index in [-0.39, 0.29) is 0 Å². The molecule has 0 aliphatic heterocycles. The lowest BCUT2D eigenvalue weighted by Crippen LogP contribution is -2.19. The molecule has 0 spiro atoms. The maximum Gasteiger partial charge on any atom is 0.139 e. The van der Waals surface area contributed by atoms with E-state index in [2.05, 4.69) is 20.8 Å². The van der Waals surface area contributed by atoms with Gasteiger partial charge in [0.15, 0.2) is 0 Å². The molecule has 0 heterocycles. The van der Waals surface area contributed by atoms with Crippen LogP contribution in [0.3, 0.4) is 0 Å². The van der Waals surface area contributed by atoms with Gasteiger partial charge in [0.25, 0.3) is 0 Å². The fourth-order valence-corrected chi connectivity index (χ4v) is 1.44. The van der Waals surface area contributed by atoms with Crippen molar-refractivity contribution in [2.75, 3.05) is 27.2 Å². The number of halogens is 2. The minimum absolute atomic E-state index is 0.642. The molecule has 1 aromatic rings. The van der Waals surface area contributed by atoms with Crippen molar-refractivity contribution >= 4 is 27.5 Å². The van der Waals surface area contributed by atoms with Gasteiger partial charge in [-0.25, -0.2) is 0 Å². The highest BCUT2D eigenvalue weighted by Crippen LogP contribution is 2.27. The molecule has 0 atom stereocenters. The van der Waals surface area contributed by atoms with Crippen molar-refractivity contribution in [1.82, 2.24) is 4.90 Å². The molecule has 0 saturated carbocycles. The molecule has 0 aromatic heterocycles. The van der Waals surface area contributed by atoms with E-state index in [9.17, 15) is 0 Å². The van der Waals surface area contributed by atoms with Crippen LogP contribution in [0.25, 0.3) is 0 Å². The quantitative estimate of drug-likeness (QED) is 0.839. The molecule has 0 aliphatic carbocycles. The molecule has 0 unspecified atom stereocenters. The van der Waals surface area contributed by atoms with Crippen molar-refractivity contribution in [2.45, 2.75) is 0 Å². The maximum atomic E-state index is 5.95. The summed E-state index contributed by atoms with van der Waals surface area (Å²) in [6.07, 6.45) is 0. The van der Waals surface area contributed by atoms with Crippen LogP contribution in [0.2, 0.25) is 5.02 Å². The Balaban J connectivity index is 2.53. The third kappa shape index (κ3) is 3.86. The Morgan fingerprint density at radius 3 is 2.79 bits per heavy atom. The van der Waals surface area contributed by atoms with E-state index in [1.54, 1.807) is 0 Å². The van der Waals surface area contributed by atoms with E-state index in [0.29, 0.717) is 11.6 Å². The van der Waals surface area contributed by atoms with Gasteiger partial charge < -0.3 is 9.64 Å². The third-order valence-electron chi connectivity index (χ3n) is 1.69. The molecular weight excluding hydrogens is 265 g/mol. The second-order valence-corrected chi connectivity index (χ2v) is 4.55. The van der Waals surface area contributed by atoms with Crippen LogP contribution >= 0.6 is 27.5 Å². The maximum absolute atomic E-state index is 5.95. The molecule has 78 valence electrons. The predicted molar refractivity (Wildman–Crippen MR) is 63.2 cm³/mol. The number of benzene rings is 1. The molecule has 1 aromatic carbocycles. The topological polar surface area (TPSA) is 12.5 Å². The van der Waals surface area contributed by atoms with Gasteiger partial charge in [0.2, 0.25) is 0 Å². The van der Waals surface area contributed by atoms with Gasteiger partial charge in [0, 0.05) is 11.0 Å². The second kappa shape index (κ2) is 5.59. The molecule has 0 aliphatic rings. The zero-order valence-electron chi connectivity index (χ0n) is 8.26. The highest BCUT2D eigenvalue weighted by atomic mass is 79.9. The fourth-order valence-electron chi connectivity index (χ4n) is 0.926. The Labute approximate surface area is 97.9 Å². The number of rotatable bonds is 4. The molecule has 0 fully saturated rings. The monoisotopic (exact) mass is 277 g/mol. The van der Waals surface area contributed by atoms with Crippen LogP contribution in [0, 0.1) is 0 Å². The van der Waals surface area contributed by atoms with Gasteiger partial charge in [-0.1, -0.05) is 27.5 Å². The first-order valence-corrected chi connectivity index (χ1v) is 5.49. The van der Waals surface area contributed by atoms with Crippen molar-refractivity contribution in [3.63, 3.8) is 0 Å². The number of hydrogen-bond acceptors (Lipinski definition) is 2. The van der Waals surface area contributed by atoms with E-state index in [4.69, 9.17) is 16.3 Å². The summed E-state index contributed by atoms with van der Waals surface area (Å²) in [5.41, 5.74) is 0. The highest BCUT2D eigenvalue weighted by Gasteiger charge is 2.01. The van der Waals surface area contributed by atoms with Gasteiger partial charge in [0.05, 0.1) is 5.02 Å². The smallest absolute Gasteiger partial charge is 0.139 e. The van der Waals surface area contributed by atoms with Gasteiger partial charge in [-0.15, -0.1) is 0 Å². The lowest BCUT2D eigenvalue weighted by atomic mass is 10.3. The fraction of sp³-hybridized carbons (Fsp3) is 0.400. The third-order valence-corrected chi connectivity index (χ3v) is 2.49. The summed E-state index contributed by atoms with van der Waals surface area (Å²) in [7, 11) is 4.01. The summed E-state index contributed by atoms with van der Waals surface area (Å²) < 4.78 is 6.50. The van der Waals surface area contributed by atoms with Gasteiger partial charge in [-0.2, -0.15) is 0 Å². The van der Waals surface area contributed by atoms with E-state index in [1.165, 1.54) is 0 Å². The molecule has 0 radical (unpaired) electrons. The highest BCUT2D eigenvalue weighted by molar-refractivity contribution is 9.10. The van der Waals surface area contributed by atoms with Gasteiger partial charge in [-0.3, -0.25) is 0 Å². The Morgan fingerprint density at radius 1 is 1.43 bits per heavy atom. The van der Waals surface area contributed by atoms with Crippen LogP contribution in [0.5, 0.6) is 5.75 Å². The summed E-state index contributed by atoms with van der Waals surface area (Å²) in [5.74, 6) is 0.725. The SMILES string of the molecule is CN(C)CCOc1cc(Br)ccc1Cl. The van der Waals surface area contributed by atoms with Crippen LogP contribution in [0.1, 0.15) is 0 Å². The number of ether oxygens (including phenoxy) is 1. The lowest BCUT2D eigenvalue weighted by Gasteiger charge is -2.12. The molecule has 0 bridgehead atoms. The Morgan fingerprint density at radius 2 is 2.14 bits per heavy atom. The van der Waals surface area contributed by atoms with Gasteiger partial charge in [-0.05, 0) is 32.3 Å². The summed E-state index contributed by atoms with van der Waals surface area (Å²) >= 11 is 9.32. The number of hydrogen-bond donors (Lipinski definition) is 0. The van der Waals surface area contributed by atoms with Crippen molar-refractivity contribution < 1.29 is 4.74 Å². The summed E-state index contributed by atoms with van der Waals surface area (Å²) in [6.45, 7) is 1.52. The molecule has 0 amide bonds. The molecule has 14 heavy (non-hydrogen) atoms. The molecule has 1 rings (SSSR count). The molecule has 0 saturated heterocycles. The van der Waals surface area contributed by atoms with Crippen molar-refractivity contribution in [3.8, 4) is 5.75 Å². The first-order valence-electron chi connectivity index (χ1n) is 4.32. The number of nitrogens with zero attached hydrogens (tertiary/aromatic N) is 1. The lowest BCUT2D eigenvalue weighted by molar-refractivity contribution is 0.261. The van der Waals surface area contributed by atoms with E-state index in [0.717, 1.165) is 16.8 Å². The molecular formula is C10H13BrClNO. The molecule has 4 heteroatoms.